The number of thiazole rings is 1. The van der Waals surface area contributed by atoms with Crippen LogP contribution in [0.2, 0.25) is 0 Å². The van der Waals surface area contributed by atoms with Crippen LogP contribution < -0.4 is 5.32 Å². The second kappa shape index (κ2) is 4.98. The topological polar surface area (TPSA) is 48.7 Å². The number of nitrogens with zero attached hydrogens (tertiary/aromatic N) is 2. The van der Waals surface area contributed by atoms with Crippen LogP contribution in [0.15, 0.2) is 29.6 Å². The smallest absolute Gasteiger partial charge is 0.183 e. The lowest BCUT2D eigenvalue weighted by molar-refractivity contribution is 0.897. The molecule has 4 heteroatoms. The minimum Gasteiger partial charge on any atom is -0.359 e. The van der Waals surface area contributed by atoms with Gasteiger partial charge in [0.1, 0.15) is 0 Å². The highest BCUT2D eigenvalue weighted by Crippen LogP contribution is 2.25. The highest BCUT2D eigenvalue weighted by atomic mass is 32.1. The van der Waals surface area contributed by atoms with Gasteiger partial charge in [0.2, 0.25) is 0 Å². The Bertz CT molecular complexity index is 535. The fourth-order valence-electron chi connectivity index (χ4n) is 1.44. The summed E-state index contributed by atoms with van der Waals surface area (Å²) in [6, 6.07) is 9.96. The van der Waals surface area contributed by atoms with E-state index in [1.165, 1.54) is 0 Å². The summed E-state index contributed by atoms with van der Waals surface area (Å²) in [6.07, 6.45) is 0. The number of aromatic nitrogens is 1. The first kappa shape index (κ1) is 11.6. The van der Waals surface area contributed by atoms with Crippen LogP contribution in [0, 0.1) is 11.3 Å². The maximum Gasteiger partial charge on any atom is 0.183 e. The molecule has 0 bridgehead atoms. The molecule has 0 amide bonds. The molecule has 0 aliphatic carbocycles. The van der Waals surface area contributed by atoms with Crippen molar-refractivity contribution in [3.05, 3.63) is 35.2 Å². The van der Waals surface area contributed by atoms with E-state index in [2.05, 4.69) is 30.2 Å². The molecular formula is C13H13N3S. The molecule has 0 atom stereocenters. The van der Waals surface area contributed by atoms with Crippen molar-refractivity contribution in [2.75, 3.05) is 5.32 Å². The summed E-state index contributed by atoms with van der Waals surface area (Å²) in [7, 11) is 0. The molecule has 1 N–H and O–H groups in total. The second-order valence-corrected chi connectivity index (χ2v) is 4.88. The van der Waals surface area contributed by atoms with Crippen LogP contribution in [0.5, 0.6) is 0 Å². The average Bonchev–Trinajstić information content (AvgIpc) is 2.77. The van der Waals surface area contributed by atoms with Crippen LogP contribution >= 0.6 is 11.3 Å². The molecule has 1 aromatic carbocycles. The summed E-state index contributed by atoms with van der Waals surface area (Å²) in [5.74, 6) is 0. The van der Waals surface area contributed by atoms with E-state index < -0.39 is 0 Å². The van der Waals surface area contributed by atoms with Crippen LogP contribution in [0.3, 0.4) is 0 Å². The Balaban J connectivity index is 2.22. The molecule has 0 saturated carbocycles. The van der Waals surface area contributed by atoms with Crippen molar-refractivity contribution in [2.24, 2.45) is 0 Å². The van der Waals surface area contributed by atoms with Crippen molar-refractivity contribution >= 4 is 16.5 Å². The predicted octanol–water partition coefficient (Wildman–Crippen LogP) is 3.50. The molecule has 0 spiro atoms. The van der Waals surface area contributed by atoms with E-state index in [9.17, 15) is 0 Å². The molecule has 1 heterocycles. The first-order chi connectivity index (χ1) is 8.19. The number of rotatable bonds is 3. The Labute approximate surface area is 105 Å². The van der Waals surface area contributed by atoms with Crippen molar-refractivity contribution in [1.82, 2.24) is 4.98 Å². The van der Waals surface area contributed by atoms with Gasteiger partial charge in [0.05, 0.1) is 17.3 Å². The molecule has 17 heavy (non-hydrogen) atoms. The predicted molar refractivity (Wildman–Crippen MR) is 71.0 cm³/mol. The maximum absolute atomic E-state index is 8.73. The Morgan fingerprint density at radius 3 is 2.59 bits per heavy atom. The quantitative estimate of drug-likeness (QED) is 0.897. The van der Waals surface area contributed by atoms with Crippen LogP contribution in [0.4, 0.5) is 5.13 Å². The van der Waals surface area contributed by atoms with Gasteiger partial charge in [-0.1, -0.05) is 12.1 Å². The highest BCUT2D eigenvalue weighted by Gasteiger charge is 2.05. The Hall–Kier alpha value is -1.86. The van der Waals surface area contributed by atoms with E-state index >= 15 is 0 Å². The van der Waals surface area contributed by atoms with E-state index in [1.54, 1.807) is 11.3 Å². The lowest BCUT2D eigenvalue weighted by Crippen LogP contribution is -2.08. The fourth-order valence-corrected chi connectivity index (χ4v) is 2.30. The van der Waals surface area contributed by atoms with E-state index in [0.717, 1.165) is 16.4 Å². The number of hydrogen-bond acceptors (Lipinski definition) is 4. The minimum atomic E-state index is 0.384. The van der Waals surface area contributed by atoms with Crippen molar-refractivity contribution < 1.29 is 0 Å². The van der Waals surface area contributed by atoms with Crippen LogP contribution in [-0.4, -0.2) is 11.0 Å². The number of anilines is 1. The zero-order valence-corrected chi connectivity index (χ0v) is 10.6. The summed E-state index contributed by atoms with van der Waals surface area (Å²) >= 11 is 1.60. The molecule has 0 radical (unpaired) electrons. The zero-order chi connectivity index (χ0) is 12.3. The molecule has 0 aliphatic heterocycles. The maximum atomic E-state index is 8.73. The van der Waals surface area contributed by atoms with Gasteiger partial charge < -0.3 is 5.32 Å². The number of nitriles is 1. The van der Waals surface area contributed by atoms with Gasteiger partial charge in [-0.15, -0.1) is 11.3 Å². The molecule has 3 nitrogen and oxygen atoms in total. The fraction of sp³-hybridized carbons (Fsp3) is 0.231. The summed E-state index contributed by atoms with van der Waals surface area (Å²) in [5, 5.41) is 15.0. The third-order valence-electron chi connectivity index (χ3n) is 2.23. The molecule has 86 valence electrons. The minimum absolute atomic E-state index is 0.384. The Morgan fingerprint density at radius 1 is 1.29 bits per heavy atom. The highest BCUT2D eigenvalue weighted by molar-refractivity contribution is 7.14. The summed E-state index contributed by atoms with van der Waals surface area (Å²) < 4.78 is 0. The van der Waals surface area contributed by atoms with Crippen LogP contribution in [0.1, 0.15) is 19.4 Å². The first-order valence-corrected chi connectivity index (χ1v) is 6.29. The van der Waals surface area contributed by atoms with Crippen molar-refractivity contribution in [3.63, 3.8) is 0 Å². The molecule has 2 aromatic rings. The Morgan fingerprint density at radius 2 is 2.00 bits per heavy atom. The van der Waals surface area contributed by atoms with E-state index in [4.69, 9.17) is 5.26 Å². The van der Waals surface area contributed by atoms with Gasteiger partial charge in [0.15, 0.2) is 5.13 Å². The second-order valence-electron chi connectivity index (χ2n) is 4.03. The first-order valence-electron chi connectivity index (χ1n) is 5.41. The van der Waals surface area contributed by atoms with Crippen molar-refractivity contribution in [2.45, 2.75) is 19.9 Å². The normalized spacial score (nSPS) is 10.2. The molecule has 2 rings (SSSR count). The van der Waals surface area contributed by atoms with E-state index in [-0.39, 0.29) is 0 Å². The van der Waals surface area contributed by atoms with Gasteiger partial charge in [0.25, 0.3) is 0 Å². The molecule has 0 fully saturated rings. The zero-order valence-electron chi connectivity index (χ0n) is 9.77. The third-order valence-corrected chi connectivity index (χ3v) is 3.00. The molecule has 0 unspecified atom stereocenters. The summed E-state index contributed by atoms with van der Waals surface area (Å²) in [4.78, 5) is 4.50. The number of benzene rings is 1. The lowest BCUT2D eigenvalue weighted by atomic mass is 10.1. The summed E-state index contributed by atoms with van der Waals surface area (Å²) in [5.41, 5.74) is 2.66. The average molecular weight is 243 g/mol. The standard InChI is InChI=1S/C13H13N3S/c1-9(2)15-13-16-12(8-17-13)11-5-3-10(7-14)4-6-11/h3-6,8-9H,1-2H3,(H,15,16). The molecule has 1 aromatic heterocycles. The van der Waals surface area contributed by atoms with Gasteiger partial charge >= 0.3 is 0 Å². The molecule has 0 aliphatic rings. The number of hydrogen-bond donors (Lipinski definition) is 1. The summed E-state index contributed by atoms with van der Waals surface area (Å²) in [6.45, 7) is 4.17. The van der Waals surface area contributed by atoms with Crippen LogP contribution in [0.25, 0.3) is 11.3 Å². The van der Waals surface area contributed by atoms with E-state index in [1.807, 2.05) is 29.6 Å². The number of nitrogens with one attached hydrogen (secondary N) is 1. The SMILES string of the molecule is CC(C)Nc1nc(-c2ccc(C#N)cc2)cs1. The lowest BCUT2D eigenvalue weighted by Gasteiger charge is -2.04. The van der Waals surface area contributed by atoms with Gasteiger partial charge in [-0.3, -0.25) is 0 Å². The van der Waals surface area contributed by atoms with Gasteiger partial charge in [0, 0.05) is 17.0 Å². The molecule has 0 saturated heterocycles. The van der Waals surface area contributed by atoms with Gasteiger partial charge in [-0.2, -0.15) is 5.26 Å². The van der Waals surface area contributed by atoms with Crippen molar-refractivity contribution in [3.8, 4) is 17.3 Å². The van der Waals surface area contributed by atoms with Crippen molar-refractivity contribution in [1.29, 1.82) is 5.26 Å². The monoisotopic (exact) mass is 243 g/mol. The largest absolute Gasteiger partial charge is 0.359 e. The van der Waals surface area contributed by atoms with E-state index in [0.29, 0.717) is 11.6 Å². The van der Waals surface area contributed by atoms with Gasteiger partial charge in [-0.05, 0) is 26.0 Å². The third kappa shape index (κ3) is 2.83. The molecular weight excluding hydrogens is 230 g/mol. The van der Waals surface area contributed by atoms with Gasteiger partial charge in [-0.25, -0.2) is 4.98 Å². The Kier molecular flexibility index (Phi) is 3.40. The van der Waals surface area contributed by atoms with Crippen LogP contribution in [-0.2, 0) is 0 Å².